The molecule has 0 heterocycles. The third kappa shape index (κ3) is 3.07. The number of hydrogen-bond donors (Lipinski definition) is 0. The normalized spacial score (nSPS) is 10.3. The summed E-state index contributed by atoms with van der Waals surface area (Å²) in [5.41, 5.74) is 3.12. The van der Waals surface area contributed by atoms with E-state index in [2.05, 4.69) is 13.0 Å². The van der Waals surface area contributed by atoms with Crippen molar-refractivity contribution in [3.8, 4) is 0 Å². The summed E-state index contributed by atoms with van der Waals surface area (Å²) in [4.78, 5) is 12.3. The Balaban J connectivity index is 2.19. The number of aryl methyl sites for hydroxylation is 1. The van der Waals surface area contributed by atoms with E-state index in [4.69, 9.17) is 0 Å². The van der Waals surface area contributed by atoms with E-state index in [9.17, 15) is 4.79 Å². The second kappa shape index (κ2) is 6.15. The summed E-state index contributed by atoms with van der Waals surface area (Å²) in [5.74, 6) is 0.213. The van der Waals surface area contributed by atoms with E-state index in [0.29, 0.717) is 6.42 Å². The van der Waals surface area contributed by atoms with Crippen molar-refractivity contribution in [3.63, 3.8) is 0 Å². The first kappa shape index (κ1) is 12.6. The topological polar surface area (TPSA) is 17.1 Å². The van der Waals surface area contributed by atoms with Gasteiger partial charge in [-0.15, -0.1) is 0 Å². The summed E-state index contributed by atoms with van der Waals surface area (Å²) in [5, 5.41) is 0. The van der Waals surface area contributed by atoms with E-state index in [1.807, 2.05) is 48.5 Å². The Hall–Kier alpha value is -1.89. The van der Waals surface area contributed by atoms with Gasteiger partial charge in [-0.2, -0.15) is 0 Å². The minimum absolute atomic E-state index is 0.213. The van der Waals surface area contributed by atoms with Crippen LogP contribution in [0.1, 0.15) is 34.8 Å². The van der Waals surface area contributed by atoms with Gasteiger partial charge in [-0.05, 0) is 17.5 Å². The Morgan fingerprint density at radius 3 is 2.33 bits per heavy atom. The van der Waals surface area contributed by atoms with Crippen molar-refractivity contribution in [1.82, 2.24) is 0 Å². The summed E-state index contributed by atoms with van der Waals surface area (Å²) in [7, 11) is 0. The minimum atomic E-state index is 0.213. The molecule has 0 aliphatic carbocycles. The van der Waals surface area contributed by atoms with Crippen molar-refractivity contribution in [2.24, 2.45) is 0 Å². The van der Waals surface area contributed by atoms with Gasteiger partial charge in [0.15, 0.2) is 5.78 Å². The van der Waals surface area contributed by atoms with Gasteiger partial charge >= 0.3 is 0 Å². The quantitative estimate of drug-likeness (QED) is 0.718. The SMILES string of the molecule is CCCc1ccccc1C(=O)Cc1ccccc1. The fourth-order valence-electron chi connectivity index (χ4n) is 2.16. The monoisotopic (exact) mass is 238 g/mol. The summed E-state index contributed by atoms with van der Waals surface area (Å²) in [6, 6.07) is 17.9. The van der Waals surface area contributed by atoms with Gasteiger partial charge in [-0.25, -0.2) is 0 Å². The molecule has 0 radical (unpaired) electrons. The lowest BCUT2D eigenvalue weighted by Gasteiger charge is -2.07. The van der Waals surface area contributed by atoms with Crippen molar-refractivity contribution >= 4 is 5.78 Å². The van der Waals surface area contributed by atoms with Crippen molar-refractivity contribution in [1.29, 1.82) is 0 Å². The van der Waals surface area contributed by atoms with Crippen molar-refractivity contribution in [2.45, 2.75) is 26.2 Å². The third-order valence-electron chi connectivity index (χ3n) is 3.04. The van der Waals surface area contributed by atoms with Gasteiger partial charge in [0.25, 0.3) is 0 Å². The Labute approximate surface area is 108 Å². The standard InChI is InChI=1S/C17H18O/c1-2-8-15-11-6-7-12-16(15)17(18)13-14-9-4-3-5-10-14/h3-7,9-12H,2,8,13H2,1H3. The highest BCUT2D eigenvalue weighted by Crippen LogP contribution is 2.14. The number of benzene rings is 2. The molecular weight excluding hydrogens is 220 g/mol. The summed E-state index contributed by atoms with van der Waals surface area (Å²) in [6.45, 7) is 2.14. The molecule has 0 atom stereocenters. The maximum absolute atomic E-state index is 12.3. The highest BCUT2D eigenvalue weighted by molar-refractivity contribution is 5.98. The lowest BCUT2D eigenvalue weighted by Crippen LogP contribution is -2.07. The van der Waals surface area contributed by atoms with Crippen LogP contribution in [-0.4, -0.2) is 5.78 Å². The molecule has 2 rings (SSSR count). The first-order valence-electron chi connectivity index (χ1n) is 6.46. The average Bonchev–Trinajstić information content (AvgIpc) is 2.41. The molecule has 1 nitrogen and oxygen atoms in total. The second-order valence-corrected chi connectivity index (χ2v) is 4.49. The van der Waals surface area contributed by atoms with Gasteiger partial charge in [-0.3, -0.25) is 4.79 Å². The summed E-state index contributed by atoms with van der Waals surface area (Å²) < 4.78 is 0. The molecule has 0 bridgehead atoms. The fourth-order valence-corrected chi connectivity index (χ4v) is 2.16. The third-order valence-corrected chi connectivity index (χ3v) is 3.04. The van der Waals surface area contributed by atoms with Crippen LogP contribution in [0.3, 0.4) is 0 Å². The van der Waals surface area contributed by atoms with Crippen LogP contribution >= 0.6 is 0 Å². The molecule has 0 unspecified atom stereocenters. The number of rotatable bonds is 5. The van der Waals surface area contributed by atoms with Gasteiger partial charge in [0, 0.05) is 12.0 Å². The molecule has 1 heteroatoms. The van der Waals surface area contributed by atoms with E-state index in [-0.39, 0.29) is 5.78 Å². The fraction of sp³-hybridized carbons (Fsp3) is 0.235. The largest absolute Gasteiger partial charge is 0.294 e. The zero-order valence-electron chi connectivity index (χ0n) is 10.7. The Bertz CT molecular complexity index is 514. The van der Waals surface area contributed by atoms with E-state index < -0.39 is 0 Å². The van der Waals surface area contributed by atoms with Crippen LogP contribution in [0.2, 0.25) is 0 Å². The molecule has 2 aromatic carbocycles. The lowest BCUT2D eigenvalue weighted by molar-refractivity contribution is 0.0992. The van der Waals surface area contributed by atoms with E-state index in [0.717, 1.165) is 24.0 Å². The first-order chi connectivity index (χ1) is 8.81. The Kier molecular flexibility index (Phi) is 4.30. The van der Waals surface area contributed by atoms with Gasteiger partial charge < -0.3 is 0 Å². The van der Waals surface area contributed by atoms with Crippen LogP contribution in [0.25, 0.3) is 0 Å². The predicted octanol–water partition coefficient (Wildman–Crippen LogP) is 4.06. The first-order valence-corrected chi connectivity index (χ1v) is 6.46. The highest BCUT2D eigenvalue weighted by Gasteiger charge is 2.10. The smallest absolute Gasteiger partial charge is 0.167 e. The molecule has 0 aliphatic heterocycles. The molecule has 92 valence electrons. The van der Waals surface area contributed by atoms with E-state index in [1.165, 1.54) is 5.56 Å². The Morgan fingerprint density at radius 2 is 1.61 bits per heavy atom. The number of Topliss-reactive ketones (excluding diaryl/α,β-unsaturated/α-hetero) is 1. The van der Waals surface area contributed by atoms with E-state index >= 15 is 0 Å². The van der Waals surface area contributed by atoms with Gasteiger partial charge in [0.05, 0.1) is 0 Å². The van der Waals surface area contributed by atoms with Gasteiger partial charge in [0.1, 0.15) is 0 Å². The van der Waals surface area contributed by atoms with Crippen molar-refractivity contribution < 1.29 is 4.79 Å². The molecule has 0 aliphatic rings. The Morgan fingerprint density at radius 1 is 0.944 bits per heavy atom. The summed E-state index contributed by atoms with van der Waals surface area (Å²) in [6.07, 6.45) is 2.52. The number of carbonyl (C=O) groups is 1. The zero-order valence-corrected chi connectivity index (χ0v) is 10.7. The van der Waals surface area contributed by atoms with Crippen LogP contribution in [0.4, 0.5) is 0 Å². The van der Waals surface area contributed by atoms with Crippen molar-refractivity contribution in [2.75, 3.05) is 0 Å². The molecule has 0 fully saturated rings. The van der Waals surface area contributed by atoms with Gasteiger partial charge in [-0.1, -0.05) is 67.9 Å². The lowest BCUT2D eigenvalue weighted by atomic mass is 9.96. The molecule has 0 saturated carbocycles. The van der Waals surface area contributed by atoms with Crippen molar-refractivity contribution in [3.05, 3.63) is 71.3 Å². The molecule has 2 aromatic rings. The van der Waals surface area contributed by atoms with Crippen LogP contribution in [0, 0.1) is 0 Å². The molecule has 0 aromatic heterocycles. The number of ketones is 1. The number of hydrogen-bond acceptors (Lipinski definition) is 1. The summed E-state index contributed by atoms with van der Waals surface area (Å²) >= 11 is 0. The molecular formula is C17H18O. The zero-order chi connectivity index (χ0) is 12.8. The van der Waals surface area contributed by atoms with Crippen LogP contribution in [-0.2, 0) is 12.8 Å². The van der Waals surface area contributed by atoms with E-state index in [1.54, 1.807) is 0 Å². The predicted molar refractivity (Wildman–Crippen MR) is 74.9 cm³/mol. The molecule has 0 N–H and O–H groups in total. The van der Waals surface area contributed by atoms with Crippen LogP contribution < -0.4 is 0 Å². The highest BCUT2D eigenvalue weighted by atomic mass is 16.1. The maximum atomic E-state index is 12.3. The van der Waals surface area contributed by atoms with Crippen LogP contribution in [0.15, 0.2) is 54.6 Å². The average molecular weight is 238 g/mol. The molecule has 0 spiro atoms. The molecule has 18 heavy (non-hydrogen) atoms. The van der Waals surface area contributed by atoms with Gasteiger partial charge in [0.2, 0.25) is 0 Å². The maximum Gasteiger partial charge on any atom is 0.167 e. The molecule has 0 saturated heterocycles. The minimum Gasteiger partial charge on any atom is -0.294 e. The van der Waals surface area contributed by atoms with Crippen LogP contribution in [0.5, 0.6) is 0 Å². The molecule has 0 amide bonds. The number of carbonyl (C=O) groups excluding carboxylic acids is 1. The second-order valence-electron chi connectivity index (χ2n) is 4.49.